The van der Waals surface area contributed by atoms with Crippen LogP contribution < -0.4 is 10.6 Å². The second-order valence-corrected chi connectivity index (χ2v) is 6.80. The van der Waals surface area contributed by atoms with Gasteiger partial charge in [0.1, 0.15) is 0 Å². The van der Waals surface area contributed by atoms with Crippen molar-refractivity contribution in [2.45, 2.75) is 50.9 Å². The van der Waals surface area contributed by atoms with Crippen molar-refractivity contribution in [3.05, 3.63) is 35.4 Å². The van der Waals surface area contributed by atoms with E-state index in [9.17, 15) is 9.59 Å². The van der Waals surface area contributed by atoms with Crippen LogP contribution in [0.3, 0.4) is 0 Å². The van der Waals surface area contributed by atoms with Crippen molar-refractivity contribution in [3.63, 3.8) is 0 Å². The Morgan fingerprint density at radius 3 is 2.52 bits per heavy atom. The van der Waals surface area contributed by atoms with Gasteiger partial charge in [0, 0.05) is 19.5 Å². The quantitative estimate of drug-likeness (QED) is 0.793. The summed E-state index contributed by atoms with van der Waals surface area (Å²) in [4.78, 5) is 24.0. The Balaban J connectivity index is 1.31. The van der Waals surface area contributed by atoms with Crippen molar-refractivity contribution < 1.29 is 9.59 Å². The lowest BCUT2D eigenvalue weighted by Crippen LogP contribution is -2.40. The van der Waals surface area contributed by atoms with E-state index in [0.29, 0.717) is 25.4 Å². The van der Waals surface area contributed by atoms with E-state index in [1.807, 2.05) is 18.2 Å². The number of benzene rings is 1. The lowest BCUT2D eigenvalue weighted by Gasteiger charge is -2.28. The molecule has 0 saturated heterocycles. The smallest absolute Gasteiger partial charge is 0.227 e. The summed E-state index contributed by atoms with van der Waals surface area (Å²) in [6.45, 7) is 1.03. The highest BCUT2D eigenvalue weighted by Crippen LogP contribution is 2.34. The van der Waals surface area contributed by atoms with E-state index in [-0.39, 0.29) is 17.7 Å². The fourth-order valence-corrected chi connectivity index (χ4v) is 3.73. The Kier molecular flexibility index (Phi) is 5.31. The van der Waals surface area contributed by atoms with Gasteiger partial charge in [-0.05, 0) is 36.3 Å². The predicted octanol–water partition coefficient (Wildman–Crippen LogP) is 2.53. The maximum absolute atomic E-state index is 12.1. The molecular formula is C19H26N2O2. The van der Waals surface area contributed by atoms with Crippen molar-refractivity contribution >= 4 is 11.8 Å². The highest BCUT2D eigenvalue weighted by atomic mass is 16.2. The molecule has 0 aromatic heterocycles. The van der Waals surface area contributed by atoms with Crippen molar-refractivity contribution in [1.29, 1.82) is 0 Å². The summed E-state index contributed by atoms with van der Waals surface area (Å²) in [7, 11) is 0. The lowest BCUT2D eigenvalue weighted by atomic mass is 9.77. The Labute approximate surface area is 138 Å². The molecule has 4 heteroatoms. The van der Waals surface area contributed by atoms with E-state index >= 15 is 0 Å². The maximum atomic E-state index is 12.1. The molecule has 1 aromatic rings. The van der Waals surface area contributed by atoms with Gasteiger partial charge in [0.25, 0.3) is 0 Å². The molecule has 1 aromatic carbocycles. The minimum absolute atomic E-state index is 0.0101. The van der Waals surface area contributed by atoms with Gasteiger partial charge in [0.2, 0.25) is 11.8 Å². The third kappa shape index (κ3) is 4.12. The van der Waals surface area contributed by atoms with E-state index < -0.39 is 0 Å². The van der Waals surface area contributed by atoms with Gasteiger partial charge in [0.05, 0.1) is 5.92 Å². The second-order valence-electron chi connectivity index (χ2n) is 6.80. The first-order valence-corrected chi connectivity index (χ1v) is 8.86. The molecule has 124 valence electrons. The number of hydrogen-bond donors (Lipinski definition) is 2. The first-order valence-electron chi connectivity index (χ1n) is 8.86. The fraction of sp³-hybridized carbons (Fsp3) is 0.579. The van der Waals surface area contributed by atoms with Gasteiger partial charge in [-0.25, -0.2) is 0 Å². The third-order valence-corrected chi connectivity index (χ3v) is 5.12. The average Bonchev–Trinajstić information content (AvgIpc) is 2.54. The summed E-state index contributed by atoms with van der Waals surface area (Å²) in [6, 6.07) is 8.08. The third-order valence-electron chi connectivity index (χ3n) is 5.12. The zero-order valence-electron chi connectivity index (χ0n) is 13.6. The summed E-state index contributed by atoms with van der Waals surface area (Å²) < 4.78 is 0. The van der Waals surface area contributed by atoms with Crippen molar-refractivity contribution in [2.24, 2.45) is 5.92 Å². The second kappa shape index (κ2) is 7.62. The van der Waals surface area contributed by atoms with E-state index in [4.69, 9.17) is 0 Å². The van der Waals surface area contributed by atoms with Crippen LogP contribution in [-0.4, -0.2) is 24.9 Å². The lowest BCUT2D eigenvalue weighted by molar-refractivity contribution is -0.124. The van der Waals surface area contributed by atoms with E-state index in [2.05, 4.69) is 16.7 Å². The average molecular weight is 314 g/mol. The van der Waals surface area contributed by atoms with Gasteiger partial charge in [-0.1, -0.05) is 43.5 Å². The molecule has 0 bridgehead atoms. The van der Waals surface area contributed by atoms with E-state index in [1.165, 1.54) is 37.7 Å². The molecule has 0 spiro atoms. The molecule has 2 N–H and O–H groups in total. The molecule has 0 heterocycles. The predicted molar refractivity (Wildman–Crippen MR) is 90.1 cm³/mol. The van der Waals surface area contributed by atoms with Crippen LogP contribution in [0.4, 0.5) is 0 Å². The Morgan fingerprint density at radius 2 is 1.74 bits per heavy atom. The zero-order chi connectivity index (χ0) is 16.1. The van der Waals surface area contributed by atoms with Gasteiger partial charge in [0.15, 0.2) is 0 Å². The molecule has 2 aliphatic rings. The van der Waals surface area contributed by atoms with Crippen molar-refractivity contribution in [2.75, 3.05) is 13.1 Å². The van der Waals surface area contributed by atoms with Crippen LogP contribution in [0.15, 0.2) is 24.3 Å². The Morgan fingerprint density at radius 1 is 1.00 bits per heavy atom. The van der Waals surface area contributed by atoms with Crippen LogP contribution in [0.5, 0.6) is 0 Å². The normalized spacial score (nSPS) is 20.3. The Hall–Kier alpha value is -1.84. The van der Waals surface area contributed by atoms with Crippen LogP contribution in [0.25, 0.3) is 0 Å². The van der Waals surface area contributed by atoms with Gasteiger partial charge in [-0.2, -0.15) is 0 Å². The first-order chi connectivity index (χ1) is 11.2. The number of nitrogens with one attached hydrogen (secondary N) is 2. The molecule has 2 amide bonds. The van der Waals surface area contributed by atoms with Gasteiger partial charge in [-0.15, -0.1) is 0 Å². The molecule has 3 rings (SSSR count). The molecule has 1 atom stereocenters. The van der Waals surface area contributed by atoms with Crippen LogP contribution >= 0.6 is 0 Å². The molecule has 2 aliphatic carbocycles. The number of carbonyl (C=O) groups is 2. The molecular weight excluding hydrogens is 288 g/mol. The van der Waals surface area contributed by atoms with Crippen molar-refractivity contribution in [1.82, 2.24) is 10.6 Å². The topological polar surface area (TPSA) is 58.2 Å². The molecule has 0 aliphatic heterocycles. The Bertz CT molecular complexity index is 564. The van der Waals surface area contributed by atoms with Gasteiger partial charge in [-0.3, -0.25) is 9.59 Å². The summed E-state index contributed by atoms with van der Waals surface area (Å²) in [5, 5.41) is 5.86. The van der Waals surface area contributed by atoms with E-state index in [1.54, 1.807) is 0 Å². The van der Waals surface area contributed by atoms with Crippen LogP contribution in [0.2, 0.25) is 0 Å². The van der Waals surface area contributed by atoms with Crippen LogP contribution in [-0.2, 0) is 16.0 Å². The molecule has 1 saturated carbocycles. The fourth-order valence-electron chi connectivity index (χ4n) is 3.73. The molecule has 0 unspecified atom stereocenters. The number of fused-ring (bicyclic) bond motifs is 1. The number of amides is 2. The number of rotatable bonds is 6. The summed E-state index contributed by atoms with van der Waals surface area (Å²) in [6.07, 6.45) is 7.68. The molecule has 0 radical (unpaired) electrons. The van der Waals surface area contributed by atoms with Crippen LogP contribution in [0, 0.1) is 5.92 Å². The monoisotopic (exact) mass is 314 g/mol. The highest BCUT2D eigenvalue weighted by Gasteiger charge is 2.31. The highest BCUT2D eigenvalue weighted by molar-refractivity contribution is 5.86. The van der Waals surface area contributed by atoms with Crippen LogP contribution in [0.1, 0.15) is 55.6 Å². The van der Waals surface area contributed by atoms with Gasteiger partial charge < -0.3 is 10.6 Å². The molecule has 23 heavy (non-hydrogen) atoms. The molecule has 1 fully saturated rings. The standard InChI is InChI=1S/C19H26N2O2/c22-18(12-14-6-2-1-3-7-14)20-10-11-21-19(23)17-13-15-8-4-5-9-16(15)17/h4-5,8-9,14,17H,1-3,6-7,10-13H2,(H,20,22)(H,21,23)/t17-/m0/s1. The van der Waals surface area contributed by atoms with E-state index in [0.717, 1.165) is 12.0 Å². The molecule has 4 nitrogen and oxygen atoms in total. The van der Waals surface area contributed by atoms with Gasteiger partial charge >= 0.3 is 0 Å². The number of carbonyl (C=O) groups excluding carboxylic acids is 2. The zero-order valence-corrected chi connectivity index (χ0v) is 13.6. The summed E-state index contributed by atoms with van der Waals surface area (Å²) >= 11 is 0. The van der Waals surface area contributed by atoms with Crippen molar-refractivity contribution in [3.8, 4) is 0 Å². The summed E-state index contributed by atoms with van der Waals surface area (Å²) in [5.41, 5.74) is 2.42. The number of hydrogen-bond acceptors (Lipinski definition) is 2. The SMILES string of the molecule is O=C(CC1CCCCC1)NCCNC(=O)[C@H]1Cc2ccccc21. The largest absolute Gasteiger partial charge is 0.354 e. The first kappa shape index (κ1) is 16.0. The maximum Gasteiger partial charge on any atom is 0.227 e. The minimum atomic E-state index is -0.0101. The summed E-state index contributed by atoms with van der Waals surface area (Å²) in [5.74, 6) is 0.749. The minimum Gasteiger partial charge on any atom is -0.354 e.